The monoisotopic (exact) mass is 302 g/mol. The van der Waals surface area contributed by atoms with Gasteiger partial charge < -0.3 is 5.32 Å². The van der Waals surface area contributed by atoms with Crippen LogP contribution in [0.3, 0.4) is 0 Å². The first-order valence-corrected chi connectivity index (χ1v) is 7.68. The summed E-state index contributed by atoms with van der Waals surface area (Å²) < 4.78 is 0. The number of halogens is 1. The van der Waals surface area contributed by atoms with E-state index in [9.17, 15) is 0 Å². The van der Waals surface area contributed by atoms with E-state index >= 15 is 0 Å². The number of aromatic nitrogens is 3. The summed E-state index contributed by atoms with van der Waals surface area (Å²) in [5, 5.41) is 7.90. The van der Waals surface area contributed by atoms with Crippen molar-refractivity contribution in [1.82, 2.24) is 15.0 Å². The molecular formula is C14H11ClN4S. The molecule has 0 saturated heterocycles. The summed E-state index contributed by atoms with van der Waals surface area (Å²) in [6.07, 6.45) is 4.06. The molecule has 0 spiro atoms. The van der Waals surface area contributed by atoms with Gasteiger partial charge in [0.1, 0.15) is 12.1 Å². The van der Waals surface area contributed by atoms with Gasteiger partial charge in [-0.25, -0.2) is 15.0 Å². The zero-order valence-corrected chi connectivity index (χ0v) is 12.1. The second kappa shape index (κ2) is 4.68. The van der Waals surface area contributed by atoms with E-state index in [1.807, 2.05) is 18.2 Å². The van der Waals surface area contributed by atoms with Gasteiger partial charge in [-0.1, -0.05) is 11.6 Å². The summed E-state index contributed by atoms with van der Waals surface area (Å²) in [5.74, 6) is 1.44. The topological polar surface area (TPSA) is 50.7 Å². The number of thiazole rings is 1. The second-order valence-electron chi connectivity index (χ2n) is 4.86. The molecular weight excluding hydrogens is 292 g/mol. The molecule has 1 fully saturated rings. The molecule has 2 aromatic heterocycles. The Morgan fingerprint density at radius 1 is 1.25 bits per heavy atom. The van der Waals surface area contributed by atoms with Gasteiger partial charge in [-0.05, 0) is 31.0 Å². The molecule has 2 heterocycles. The fraction of sp³-hybridized carbons (Fsp3) is 0.214. The molecule has 0 radical (unpaired) electrons. The quantitative estimate of drug-likeness (QED) is 0.781. The van der Waals surface area contributed by atoms with E-state index in [0.29, 0.717) is 10.9 Å². The Kier molecular flexibility index (Phi) is 2.82. The Balaban J connectivity index is 1.70. The van der Waals surface area contributed by atoms with E-state index < -0.39 is 0 Å². The number of hydrogen-bond donors (Lipinski definition) is 1. The van der Waals surface area contributed by atoms with Crippen molar-refractivity contribution in [3.8, 4) is 0 Å². The number of rotatable bonds is 3. The molecule has 0 atom stereocenters. The number of hydrogen-bond acceptors (Lipinski definition) is 5. The average Bonchev–Trinajstić information content (AvgIpc) is 3.19. The molecule has 0 amide bonds. The van der Waals surface area contributed by atoms with Crippen LogP contribution in [0.4, 0.5) is 10.9 Å². The van der Waals surface area contributed by atoms with Gasteiger partial charge >= 0.3 is 0 Å². The molecule has 0 unspecified atom stereocenters. The molecule has 1 saturated carbocycles. The second-order valence-corrected chi connectivity index (χ2v) is 6.16. The van der Waals surface area contributed by atoms with E-state index in [2.05, 4.69) is 25.6 Å². The van der Waals surface area contributed by atoms with E-state index in [4.69, 9.17) is 11.6 Å². The van der Waals surface area contributed by atoms with E-state index in [1.165, 1.54) is 24.9 Å². The Hall–Kier alpha value is -1.72. The molecule has 20 heavy (non-hydrogen) atoms. The third kappa shape index (κ3) is 2.23. The van der Waals surface area contributed by atoms with Gasteiger partial charge in [0.05, 0.1) is 11.2 Å². The van der Waals surface area contributed by atoms with Gasteiger partial charge in [0.15, 0.2) is 5.13 Å². The highest BCUT2D eigenvalue weighted by molar-refractivity contribution is 7.13. The summed E-state index contributed by atoms with van der Waals surface area (Å²) in [7, 11) is 0. The van der Waals surface area contributed by atoms with Crippen LogP contribution < -0.4 is 5.32 Å². The summed E-state index contributed by atoms with van der Waals surface area (Å²) in [4.78, 5) is 13.2. The number of nitrogens with one attached hydrogen (secondary N) is 1. The predicted molar refractivity (Wildman–Crippen MR) is 81.9 cm³/mol. The molecule has 1 aliphatic rings. The smallest absolute Gasteiger partial charge is 0.188 e. The van der Waals surface area contributed by atoms with Crippen molar-refractivity contribution in [1.29, 1.82) is 0 Å². The first-order valence-electron chi connectivity index (χ1n) is 6.42. The SMILES string of the molecule is Clc1ccc2c(Nc3nc(C4CC4)cs3)ncnc2c1. The van der Waals surface area contributed by atoms with Gasteiger partial charge in [0.2, 0.25) is 0 Å². The highest BCUT2D eigenvalue weighted by Crippen LogP contribution is 2.41. The van der Waals surface area contributed by atoms with Crippen molar-refractivity contribution in [2.75, 3.05) is 5.32 Å². The molecule has 4 rings (SSSR count). The first kappa shape index (κ1) is 12.1. The molecule has 1 aromatic carbocycles. The molecule has 4 nitrogen and oxygen atoms in total. The fourth-order valence-electron chi connectivity index (χ4n) is 2.14. The van der Waals surface area contributed by atoms with E-state index in [0.717, 1.165) is 21.9 Å². The molecule has 1 aliphatic carbocycles. The van der Waals surface area contributed by atoms with Crippen LogP contribution in [0.5, 0.6) is 0 Å². The van der Waals surface area contributed by atoms with Gasteiger partial charge in [-0.3, -0.25) is 0 Å². The fourth-order valence-corrected chi connectivity index (χ4v) is 3.10. The predicted octanol–water partition coefficient (Wildman–Crippen LogP) is 4.36. The van der Waals surface area contributed by atoms with E-state index in [-0.39, 0.29) is 0 Å². The molecule has 100 valence electrons. The lowest BCUT2D eigenvalue weighted by Gasteiger charge is -2.05. The van der Waals surface area contributed by atoms with Crippen molar-refractivity contribution in [3.05, 3.63) is 40.6 Å². The Bertz CT molecular complexity index is 782. The van der Waals surface area contributed by atoms with Crippen LogP contribution in [0.2, 0.25) is 5.02 Å². The number of nitrogens with zero attached hydrogens (tertiary/aromatic N) is 3. The maximum absolute atomic E-state index is 5.99. The average molecular weight is 303 g/mol. The van der Waals surface area contributed by atoms with Gasteiger partial charge in [0, 0.05) is 21.7 Å². The maximum Gasteiger partial charge on any atom is 0.188 e. The minimum atomic E-state index is 0.669. The van der Waals surface area contributed by atoms with Crippen molar-refractivity contribution < 1.29 is 0 Å². The lowest BCUT2D eigenvalue weighted by Crippen LogP contribution is -1.95. The van der Waals surface area contributed by atoms with E-state index in [1.54, 1.807) is 11.3 Å². The normalized spacial score (nSPS) is 14.7. The maximum atomic E-state index is 5.99. The summed E-state index contributed by atoms with van der Waals surface area (Å²) in [6.45, 7) is 0. The molecule has 0 bridgehead atoms. The summed E-state index contributed by atoms with van der Waals surface area (Å²) in [5.41, 5.74) is 2.02. The Morgan fingerprint density at radius 3 is 3.00 bits per heavy atom. The highest BCUT2D eigenvalue weighted by atomic mass is 35.5. The largest absolute Gasteiger partial charge is 0.316 e. The zero-order chi connectivity index (χ0) is 13.5. The van der Waals surface area contributed by atoms with Crippen molar-refractivity contribution >= 4 is 44.8 Å². The molecule has 1 N–H and O–H groups in total. The Labute approximate surface area is 124 Å². The van der Waals surface area contributed by atoms with Crippen LogP contribution >= 0.6 is 22.9 Å². The first-order chi connectivity index (χ1) is 9.79. The van der Waals surface area contributed by atoms with Crippen LogP contribution in [-0.2, 0) is 0 Å². The molecule has 3 aromatic rings. The minimum Gasteiger partial charge on any atom is -0.316 e. The van der Waals surface area contributed by atoms with Crippen LogP contribution in [-0.4, -0.2) is 15.0 Å². The van der Waals surface area contributed by atoms with Gasteiger partial charge in [0.25, 0.3) is 0 Å². The highest BCUT2D eigenvalue weighted by Gasteiger charge is 2.26. The minimum absolute atomic E-state index is 0.669. The van der Waals surface area contributed by atoms with Crippen LogP contribution in [0, 0.1) is 0 Å². The van der Waals surface area contributed by atoms with Crippen molar-refractivity contribution in [2.24, 2.45) is 0 Å². The lowest BCUT2D eigenvalue weighted by atomic mass is 10.2. The number of fused-ring (bicyclic) bond motifs is 1. The van der Waals surface area contributed by atoms with Crippen molar-refractivity contribution in [2.45, 2.75) is 18.8 Å². The summed E-state index contributed by atoms with van der Waals surface area (Å²) in [6, 6.07) is 5.60. The van der Waals surface area contributed by atoms with Gasteiger partial charge in [-0.15, -0.1) is 11.3 Å². The molecule has 6 heteroatoms. The Morgan fingerprint density at radius 2 is 2.15 bits per heavy atom. The standard InChI is InChI=1S/C14H11ClN4S/c15-9-3-4-10-11(5-9)16-7-17-13(10)19-14-18-12(6-20-14)8-1-2-8/h3-8H,1-2H2,(H,16,17,18,19). The number of benzene rings is 1. The van der Waals surface area contributed by atoms with Crippen LogP contribution in [0.25, 0.3) is 10.9 Å². The van der Waals surface area contributed by atoms with Crippen LogP contribution in [0.15, 0.2) is 29.9 Å². The molecule has 0 aliphatic heterocycles. The van der Waals surface area contributed by atoms with Crippen LogP contribution in [0.1, 0.15) is 24.5 Å². The third-order valence-electron chi connectivity index (χ3n) is 3.34. The lowest BCUT2D eigenvalue weighted by molar-refractivity contribution is 1.05. The third-order valence-corrected chi connectivity index (χ3v) is 4.35. The number of anilines is 2. The zero-order valence-electron chi connectivity index (χ0n) is 10.5. The summed E-state index contributed by atoms with van der Waals surface area (Å²) >= 11 is 7.60. The van der Waals surface area contributed by atoms with Gasteiger partial charge in [-0.2, -0.15) is 0 Å². The van der Waals surface area contributed by atoms with Crippen molar-refractivity contribution in [3.63, 3.8) is 0 Å².